The molecule has 0 aromatic carbocycles. The van der Waals surface area contributed by atoms with Crippen molar-refractivity contribution in [3.63, 3.8) is 0 Å². The van der Waals surface area contributed by atoms with Gasteiger partial charge in [-0.3, -0.25) is 0 Å². The van der Waals surface area contributed by atoms with Crippen molar-refractivity contribution in [1.29, 1.82) is 0 Å². The van der Waals surface area contributed by atoms with E-state index in [1.807, 2.05) is 13.1 Å². The van der Waals surface area contributed by atoms with Crippen molar-refractivity contribution in [2.75, 3.05) is 24.6 Å². The third kappa shape index (κ3) is 3.27. The quantitative estimate of drug-likeness (QED) is 0.840. The molecule has 2 aromatic heterocycles. The van der Waals surface area contributed by atoms with Gasteiger partial charge in [0.05, 0.1) is 12.3 Å². The lowest BCUT2D eigenvalue weighted by Crippen LogP contribution is -2.47. The molecule has 0 amide bonds. The first kappa shape index (κ1) is 16.8. The molecule has 0 aliphatic carbocycles. The first-order valence-electron chi connectivity index (χ1n) is 9.10. The summed E-state index contributed by atoms with van der Waals surface area (Å²) in [5, 5.41) is 10.9. The minimum Gasteiger partial charge on any atom is -0.368 e. The first-order chi connectivity index (χ1) is 12.1. The lowest BCUT2D eigenvalue weighted by molar-refractivity contribution is -0.0803. The van der Waals surface area contributed by atoms with Crippen molar-refractivity contribution >= 4 is 16.5 Å². The summed E-state index contributed by atoms with van der Waals surface area (Å²) in [4.78, 5) is 11.5. The number of nitrogens with zero attached hydrogens (tertiary/aromatic N) is 5. The molecule has 0 N–H and O–H groups in total. The number of piperidine rings is 1. The van der Waals surface area contributed by atoms with E-state index in [0.29, 0.717) is 5.92 Å². The van der Waals surface area contributed by atoms with Crippen LogP contribution < -0.4 is 4.90 Å². The zero-order valence-electron chi connectivity index (χ0n) is 15.2. The minimum atomic E-state index is -0.247. The van der Waals surface area contributed by atoms with E-state index in [4.69, 9.17) is 9.72 Å². The van der Waals surface area contributed by atoms with Crippen LogP contribution in [0.15, 0.2) is 6.20 Å². The van der Waals surface area contributed by atoms with Gasteiger partial charge < -0.3 is 9.64 Å². The Balaban J connectivity index is 1.50. The molecule has 0 saturated carbocycles. The van der Waals surface area contributed by atoms with E-state index in [1.165, 1.54) is 5.56 Å². The average Bonchev–Trinajstić information content (AvgIpc) is 3.04. The van der Waals surface area contributed by atoms with Crippen molar-refractivity contribution < 1.29 is 4.74 Å². The largest absolute Gasteiger partial charge is 0.368 e. The summed E-state index contributed by atoms with van der Waals surface area (Å²) in [5.41, 5.74) is 2.12. The maximum Gasteiger partial charge on any atom is 0.208 e. The molecule has 0 radical (unpaired) electrons. The second-order valence-electron chi connectivity index (χ2n) is 7.45. The molecular weight excluding hydrogens is 334 g/mol. The van der Waals surface area contributed by atoms with Gasteiger partial charge in [0, 0.05) is 25.7 Å². The Hall–Kier alpha value is -1.60. The molecule has 0 atom stereocenters. The van der Waals surface area contributed by atoms with Gasteiger partial charge in [-0.2, -0.15) is 0 Å². The predicted octanol–water partition coefficient (Wildman–Crippen LogP) is 2.90. The van der Waals surface area contributed by atoms with Gasteiger partial charge in [-0.05, 0) is 37.7 Å². The number of rotatable bonds is 3. The van der Waals surface area contributed by atoms with E-state index in [-0.39, 0.29) is 5.60 Å². The molecule has 7 heteroatoms. The summed E-state index contributed by atoms with van der Waals surface area (Å²) in [7, 11) is 0. The molecular formula is C18H25N5OS. The van der Waals surface area contributed by atoms with Crippen LogP contribution in [0, 0.1) is 12.8 Å². The third-order valence-corrected chi connectivity index (χ3v) is 6.05. The van der Waals surface area contributed by atoms with Gasteiger partial charge in [-0.15, -0.1) is 10.2 Å². The van der Waals surface area contributed by atoms with E-state index in [1.54, 1.807) is 11.3 Å². The summed E-state index contributed by atoms with van der Waals surface area (Å²) < 4.78 is 6.28. The third-order valence-electron chi connectivity index (χ3n) is 5.05. The Labute approximate surface area is 152 Å². The van der Waals surface area contributed by atoms with Crippen molar-refractivity contribution in [3.05, 3.63) is 28.3 Å². The number of aryl methyl sites for hydroxylation is 1. The van der Waals surface area contributed by atoms with Crippen LogP contribution in [0.4, 0.5) is 5.13 Å². The van der Waals surface area contributed by atoms with Gasteiger partial charge in [0.2, 0.25) is 5.13 Å². The fraction of sp³-hybridized carbons (Fsp3) is 0.667. The molecule has 0 unspecified atom stereocenters. The van der Waals surface area contributed by atoms with Gasteiger partial charge in [0.1, 0.15) is 16.4 Å². The van der Waals surface area contributed by atoms with Crippen LogP contribution in [0.5, 0.6) is 0 Å². The van der Waals surface area contributed by atoms with Crippen LogP contribution in [-0.2, 0) is 23.2 Å². The molecule has 4 heterocycles. The summed E-state index contributed by atoms with van der Waals surface area (Å²) in [5.74, 6) is 1.44. The van der Waals surface area contributed by atoms with E-state index in [2.05, 4.69) is 33.9 Å². The highest BCUT2D eigenvalue weighted by atomic mass is 32.1. The Bertz CT molecular complexity index is 752. The summed E-state index contributed by atoms with van der Waals surface area (Å²) in [6.45, 7) is 9.00. The first-order valence-corrected chi connectivity index (χ1v) is 9.92. The van der Waals surface area contributed by atoms with E-state index in [9.17, 15) is 0 Å². The predicted molar refractivity (Wildman–Crippen MR) is 98.0 cm³/mol. The van der Waals surface area contributed by atoms with Crippen LogP contribution >= 0.6 is 11.3 Å². The monoisotopic (exact) mass is 359 g/mol. The Kier molecular flexibility index (Phi) is 4.45. The maximum absolute atomic E-state index is 6.28. The van der Waals surface area contributed by atoms with E-state index >= 15 is 0 Å². The van der Waals surface area contributed by atoms with E-state index < -0.39 is 0 Å². The molecule has 25 heavy (non-hydrogen) atoms. The zero-order chi connectivity index (χ0) is 17.4. The van der Waals surface area contributed by atoms with Gasteiger partial charge in [-0.1, -0.05) is 25.2 Å². The number of hydrogen-bond acceptors (Lipinski definition) is 7. The minimum absolute atomic E-state index is 0.247. The number of aromatic nitrogens is 4. The fourth-order valence-corrected chi connectivity index (χ4v) is 4.84. The van der Waals surface area contributed by atoms with Crippen molar-refractivity contribution in [3.8, 4) is 0 Å². The molecule has 1 fully saturated rings. The highest BCUT2D eigenvalue weighted by Gasteiger charge is 2.42. The number of fused-ring (bicyclic) bond motifs is 2. The van der Waals surface area contributed by atoms with Crippen LogP contribution in [0.3, 0.4) is 0 Å². The molecule has 1 spiro atoms. The number of hydrogen-bond donors (Lipinski definition) is 0. The molecule has 6 nitrogen and oxygen atoms in total. The molecule has 2 aliphatic rings. The summed E-state index contributed by atoms with van der Waals surface area (Å²) in [6, 6.07) is 0. The standard InChI is InChI=1S/C18H25N5OS/c1-12(2)10-15-21-22-17(25-15)23-7-5-18(6-8-23)16-14(4-9-24-18)11-19-13(3)20-16/h11-12H,4-10H2,1-3H3. The number of ether oxygens (including phenoxy) is 1. The summed E-state index contributed by atoms with van der Waals surface area (Å²) in [6.07, 6.45) is 5.78. The van der Waals surface area contributed by atoms with Crippen molar-refractivity contribution in [2.45, 2.75) is 52.1 Å². The number of anilines is 1. The Morgan fingerprint density at radius 1 is 1.28 bits per heavy atom. The molecule has 134 valence electrons. The van der Waals surface area contributed by atoms with Gasteiger partial charge >= 0.3 is 0 Å². The topological polar surface area (TPSA) is 64.0 Å². The van der Waals surface area contributed by atoms with Crippen LogP contribution in [-0.4, -0.2) is 39.9 Å². The lowest BCUT2D eigenvalue weighted by Gasteiger charge is -2.43. The van der Waals surface area contributed by atoms with Crippen LogP contribution in [0.2, 0.25) is 0 Å². The average molecular weight is 359 g/mol. The maximum atomic E-state index is 6.28. The second kappa shape index (κ2) is 6.61. The molecule has 2 aliphatic heterocycles. The lowest BCUT2D eigenvalue weighted by atomic mass is 9.83. The molecule has 1 saturated heterocycles. The molecule has 0 bridgehead atoms. The highest BCUT2D eigenvalue weighted by molar-refractivity contribution is 7.15. The second-order valence-corrected chi connectivity index (χ2v) is 8.49. The van der Waals surface area contributed by atoms with E-state index in [0.717, 1.165) is 67.0 Å². The van der Waals surface area contributed by atoms with Crippen molar-refractivity contribution in [2.24, 2.45) is 5.92 Å². The van der Waals surface area contributed by atoms with Crippen molar-refractivity contribution in [1.82, 2.24) is 20.2 Å². The van der Waals surface area contributed by atoms with Gasteiger partial charge in [0.15, 0.2) is 0 Å². The van der Waals surface area contributed by atoms with Crippen LogP contribution in [0.25, 0.3) is 0 Å². The highest BCUT2D eigenvalue weighted by Crippen LogP contribution is 2.41. The Morgan fingerprint density at radius 3 is 2.84 bits per heavy atom. The normalized spacial score (nSPS) is 19.4. The molecule has 2 aromatic rings. The fourth-order valence-electron chi connectivity index (χ4n) is 3.74. The van der Waals surface area contributed by atoms with Gasteiger partial charge in [-0.25, -0.2) is 9.97 Å². The zero-order valence-corrected chi connectivity index (χ0v) is 16.0. The Morgan fingerprint density at radius 2 is 2.08 bits per heavy atom. The van der Waals surface area contributed by atoms with Gasteiger partial charge in [0.25, 0.3) is 0 Å². The summed E-state index contributed by atoms with van der Waals surface area (Å²) >= 11 is 1.73. The smallest absolute Gasteiger partial charge is 0.208 e. The molecule has 4 rings (SSSR count). The SMILES string of the molecule is Cc1ncc2c(n1)C1(CCN(c3nnc(CC(C)C)s3)CC1)OCC2. The van der Waals surface area contributed by atoms with Crippen LogP contribution in [0.1, 0.15) is 48.8 Å².